The van der Waals surface area contributed by atoms with E-state index < -0.39 is 0 Å². The van der Waals surface area contributed by atoms with Gasteiger partial charge in [-0.25, -0.2) is 4.98 Å². The summed E-state index contributed by atoms with van der Waals surface area (Å²) in [7, 11) is 3.66. The first-order valence-corrected chi connectivity index (χ1v) is 7.54. The van der Waals surface area contributed by atoms with E-state index >= 15 is 0 Å². The second-order valence-corrected chi connectivity index (χ2v) is 5.62. The fourth-order valence-corrected chi connectivity index (χ4v) is 2.71. The SMILES string of the molecule is COCCNCc1c(N(C)C(C)CO)nc2sccn12. The van der Waals surface area contributed by atoms with Crippen LogP contribution in [0.2, 0.25) is 0 Å². The number of rotatable bonds is 8. The number of thiazole rings is 1. The Morgan fingerprint density at radius 3 is 3.10 bits per heavy atom. The number of anilines is 1. The topological polar surface area (TPSA) is 62.0 Å². The van der Waals surface area contributed by atoms with Crippen LogP contribution in [0.4, 0.5) is 5.82 Å². The summed E-state index contributed by atoms with van der Waals surface area (Å²) >= 11 is 1.61. The first-order chi connectivity index (χ1) is 9.69. The number of aliphatic hydroxyl groups is 1. The second-order valence-electron chi connectivity index (χ2n) is 4.75. The van der Waals surface area contributed by atoms with Gasteiger partial charge >= 0.3 is 0 Å². The van der Waals surface area contributed by atoms with Crippen molar-refractivity contribution in [1.82, 2.24) is 14.7 Å². The van der Waals surface area contributed by atoms with Crippen LogP contribution in [0.25, 0.3) is 4.96 Å². The number of nitrogens with one attached hydrogen (secondary N) is 1. The molecule has 0 bridgehead atoms. The lowest BCUT2D eigenvalue weighted by Crippen LogP contribution is -2.33. The molecule has 0 aromatic carbocycles. The minimum atomic E-state index is 0.0392. The fraction of sp³-hybridized carbons (Fsp3) is 0.615. The van der Waals surface area contributed by atoms with E-state index in [1.165, 1.54) is 0 Å². The molecule has 0 aliphatic heterocycles. The highest BCUT2D eigenvalue weighted by atomic mass is 32.1. The monoisotopic (exact) mass is 298 g/mol. The average Bonchev–Trinajstić information content (AvgIpc) is 3.03. The van der Waals surface area contributed by atoms with Crippen LogP contribution in [0.3, 0.4) is 0 Å². The minimum absolute atomic E-state index is 0.0392. The van der Waals surface area contributed by atoms with Gasteiger partial charge in [-0.1, -0.05) is 0 Å². The van der Waals surface area contributed by atoms with E-state index in [0.29, 0.717) is 6.61 Å². The maximum atomic E-state index is 9.32. The third kappa shape index (κ3) is 3.12. The first-order valence-electron chi connectivity index (χ1n) is 6.66. The summed E-state index contributed by atoms with van der Waals surface area (Å²) in [6.07, 6.45) is 2.03. The van der Waals surface area contributed by atoms with Crippen molar-refractivity contribution in [2.75, 3.05) is 38.8 Å². The summed E-state index contributed by atoms with van der Waals surface area (Å²) in [5.74, 6) is 0.920. The van der Waals surface area contributed by atoms with Crippen LogP contribution < -0.4 is 10.2 Å². The molecule has 0 saturated carbocycles. The van der Waals surface area contributed by atoms with E-state index in [1.54, 1.807) is 18.4 Å². The molecular weight excluding hydrogens is 276 g/mol. The van der Waals surface area contributed by atoms with E-state index in [2.05, 4.69) is 14.7 Å². The Balaban J connectivity index is 2.21. The summed E-state index contributed by atoms with van der Waals surface area (Å²) in [5, 5.41) is 14.7. The van der Waals surface area contributed by atoms with Crippen LogP contribution in [0.5, 0.6) is 0 Å². The highest BCUT2D eigenvalue weighted by Crippen LogP contribution is 2.25. The van der Waals surface area contributed by atoms with E-state index in [4.69, 9.17) is 4.74 Å². The van der Waals surface area contributed by atoms with E-state index in [0.717, 1.165) is 29.6 Å². The summed E-state index contributed by atoms with van der Waals surface area (Å²) in [5.41, 5.74) is 1.11. The van der Waals surface area contributed by atoms with Crippen molar-refractivity contribution >= 4 is 22.1 Å². The van der Waals surface area contributed by atoms with Crippen molar-refractivity contribution in [3.05, 3.63) is 17.3 Å². The predicted molar refractivity (Wildman–Crippen MR) is 81.6 cm³/mol. The number of fused-ring (bicyclic) bond motifs is 1. The largest absolute Gasteiger partial charge is 0.394 e. The first kappa shape index (κ1) is 15.2. The maximum Gasteiger partial charge on any atom is 0.195 e. The number of aromatic nitrogens is 2. The van der Waals surface area contributed by atoms with Crippen molar-refractivity contribution < 1.29 is 9.84 Å². The van der Waals surface area contributed by atoms with Gasteiger partial charge in [-0.15, -0.1) is 11.3 Å². The Morgan fingerprint density at radius 1 is 1.60 bits per heavy atom. The molecule has 0 saturated heterocycles. The van der Waals surface area contributed by atoms with Gasteiger partial charge in [-0.05, 0) is 6.92 Å². The highest BCUT2D eigenvalue weighted by Gasteiger charge is 2.19. The number of methoxy groups -OCH3 is 1. The molecule has 0 fully saturated rings. The number of hydrogen-bond acceptors (Lipinski definition) is 6. The molecule has 112 valence electrons. The quantitative estimate of drug-likeness (QED) is 0.711. The zero-order valence-corrected chi connectivity index (χ0v) is 13.0. The lowest BCUT2D eigenvalue weighted by molar-refractivity contribution is 0.199. The molecule has 2 aromatic heterocycles. The average molecular weight is 298 g/mol. The van der Waals surface area contributed by atoms with E-state index in [9.17, 15) is 5.11 Å². The molecule has 2 heterocycles. The van der Waals surface area contributed by atoms with Gasteiger partial charge in [0.15, 0.2) is 10.8 Å². The molecule has 0 spiro atoms. The predicted octanol–water partition coefficient (Wildman–Crippen LogP) is 0.949. The van der Waals surface area contributed by atoms with Crippen LogP contribution in [0.1, 0.15) is 12.6 Å². The van der Waals surface area contributed by atoms with Crippen molar-refractivity contribution in [3.63, 3.8) is 0 Å². The number of nitrogens with zero attached hydrogens (tertiary/aromatic N) is 3. The minimum Gasteiger partial charge on any atom is -0.394 e. The third-order valence-electron chi connectivity index (χ3n) is 3.37. The normalized spacial score (nSPS) is 13.0. The molecular formula is C13H22N4O2S. The number of hydrogen-bond donors (Lipinski definition) is 2. The van der Waals surface area contributed by atoms with E-state index in [1.807, 2.05) is 30.4 Å². The van der Waals surface area contributed by atoms with Gasteiger partial charge < -0.3 is 20.1 Å². The van der Waals surface area contributed by atoms with Gasteiger partial charge in [0.1, 0.15) is 0 Å². The maximum absolute atomic E-state index is 9.32. The number of ether oxygens (including phenoxy) is 1. The molecule has 0 aliphatic carbocycles. The molecule has 1 atom stereocenters. The zero-order valence-electron chi connectivity index (χ0n) is 12.2. The van der Waals surface area contributed by atoms with Gasteiger partial charge in [0.2, 0.25) is 0 Å². The van der Waals surface area contributed by atoms with Crippen LogP contribution in [0, 0.1) is 0 Å². The number of aliphatic hydroxyl groups excluding tert-OH is 1. The van der Waals surface area contributed by atoms with Gasteiger partial charge in [0.05, 0.1) is 24.9 Å². The summed E-state index contributed by atoms with van der Waals surface area (Å²) in [6.45, 7) is 4.29. The molecule has 1 unspecified atom stereocenters. The molecule has 2 rings (SSSR count). The van der Waals surface area contributed by atoms with Crippen LogP contribution in [0.15, 0.2) is 11.6 Å². The molecule has 6 nitrogen and oxygen atoms in total. The third-order valence-corrected chi connectivity index (χ3v) is 4.13. The molecule has 2 N–H and O–H groups in total. The lowest BCUT2D eigenvalue weighted by Gasteiger charge is -2.24. The van der Waals surface area contributed by atoms with Gasteiger partial charge in [-0.2, -0.15) is 0 Å². The molecule has 0 aliphatic rings. The van der Waals surface area contributed by atoms with Crippen molar-refractivity contribution in [2.24, 2.45) is 0 Å². The van der Waals surface area contributed by atoms with Crippen molar-refractivity contribution in [2.45, 2.75) is 19.5 Å². The van der Waals surface area contributed by atoms with Crippen LogP contribution >= 0.6 is 11.3 Å². The Kier molecular flexibility index (Phi) is 5.36. The van der Waals surface area contributed by atoms with Crippen molar-refractivity contribution in [1.29, 1.82) is 0 Å². The molecule has 7 heteroatoms. The van der Waals surface area contributed by atoms with Gasteiger partial charge in [0, 0.05) is 38.8 Å². The Labute approximate surface area is 123 Å². The molecule has 20 heavy (non-hydrogen) atoms. The highest BCUT2D eigenvalue weighted by molar-refractivity contribution is 7.15. The van der Waals surface area contributed by atoms with Crippen LogP contribution in [-0.4, -0.2) is 54.4 Å². The second kappa shape index (κ2) is 7.03. The Bertz CT molecular complexity index is 539. The summed E-state index contributed by atoms with van der Waals surface area (Å²) < 4.78 is 7.14. The zero-order chi connectivity index (χ0) is 14.5. The Hall–Kier alpha value is -1.15. The number of imidazole rings is 1. The van der Waals surface area contributed by atoms with E-state index in [-0.39, 0.29) is 12.6 Å². The Morgan fingerprint density at radius 2 is 2.40 bits per heavy atom. The molecule has 0 amide bonds. The number of likely N-dealkylation sites (N-methyl/N-ethyl adjacent to an activating group) is 1. The summed E-state index contributed by atoms with van der Waals surface area (Å²) in [6, 6.07) is 0.0392. The fourth-order valence-electron chi connectivity index (χ4n) is 1.98. The van der Waals surface area contributed by atoms with Gasteiger partial charge in [-0.3, -0.25) is 4.40 Å². The molecule has 0 radical (unpaired) electrons. The molecule has 2 aromatic rings. The lowest BCUT2D eigenvalue weighted by atomic mass is 10.3. The smallest absolute Gasteiger partial charge is 0.195 e. The van der Waals surface area contributed by atoms with Crippen LogP contribution in [-0.2, 0) is 11.3 Å². The van der Waals surface area contributed by atoms with Crippen molar-refractivity contribution in [3.8, 4) is 0 Å². The van der Waals surface area contributed by atoms with Gasteiger partial charge in [0.25, 0.3) is 0 Å². The summed E-state index contributed by atoms with van der Waals surface area (Å²) in [4.78, 5) is 7.66. The standard InChI is InChI=1S/C13H22N4O2S/c1-10(9-18)16(2)12-11(8-14-4-6-19-3)17-5-7-20-13(17)15-12/h5,7,10,14,18H,4,6,8-9H2,1-3H3.